The molecule has 0 spiro atoms. The molecule has 1 atom stereocenters. The van der Waals surface area contributed by atoms with E-state index in [-0.39, 0.29) is 6.10 Å². The minimum atomic E-state index is 0.282. The predicted molar refractivity (Wildman–Crippen MR) is 92.9 cm³/mol. The molecule has 1 aromatic heterocycles. The summed E-state index contributed by atoms with van der Waals surface area (Å²) in [6.07, 6.45) is 3.98. The average Bonchev–Trinajstić information content (AvgIpc) is 2.99. The van der Waals surface area contributed by atoms with E-state index < -0.39 is 0 Å². The van der Waals surface area contributed by atoms with Gasteiger partial charge in [-0.3, -0.25) is 0 Å². The standard InChI is InChI=1S/C18H26N4O2/c1-21-9-10-23-17(13-21)12-19-11-15-3-5-16(6-4-15)24-14-18-20-7-8-22(18)2/h3-8,17,19H,9-14H2,1-2H3/t17-/m0/s1. The molecule has 2 aromatic rings. The Hall–Kier alpha value is -1.89. The smallest absolute Gasteiger partial charge is 0.146 e. The number of aryl methyl sites for hydroxylation is 1. The van der Waals surface area contributed by atoms with E-state index in [0.717, 1.165) is 44.4 Å². The minimum Gasteiger partial charge on any atom is -0.486 e. The normalized spacial score (nSPS) is 18.7. The van der Waals surface area contributed by atoms with Crippen molar-refractivity contribution in [2.45, 2.75) is 19.3 Å². The number of benzene rings is 1. The van der Waals surface area contributed by atoms with Crippen molar-refractivity contribution in [1.82, 2.24) is 19.8 Å². The molecule has 1 aromatic carbocycles. The van der Waals surface area contributed by atoms with E-state index in [9.17, 15) is 0 Å². The molecule has 1 aliphatic heterocycles. The van der Waals surface area contributed by atoms with Crippen molar-refractivity contribution in [3.63, 3.8) is 0 Å². The van der Waals surface area contributed by atoms with Crippen molar-refractivity contribution in [3.8, 4) is 5.75 Å². The van der Waals surface area contributed by atoms with Crippen LogP contribution in [0.25, 0.3) is 0 Å². The molecule has 0 saturated carbocycles. The maximum atomic E-state index is 5.77. The van der Waals surface area contributed by atoms with Gasteiger partial charge in [0.2, 0.25) is 0 Å². The lowest BCUT2D eigenvalue weighted by atomic mass is 10.2. The van der Waals surface area contributed by atoms with Gasteiger partial charge in [0.1, 0.15) is 18.2 Å². The Morgan fingerprint density at radius 2 is 2.12 bits per heavy atom. The molecule has 0 bridgehead atoms. The van der Waals surface area contributed by atoms with Crippen molar-refractivity contribution in [2.75, 3.05) is 33.3 Å². The largest absolute Gasteiger partial charge is 0.486 e. The Balaban J connectivity index is 1.40. The maximum absolute atomic E-state index is 5.77. The van der Waals surface area contributed by atoms with Crippen molar-refractivity contribution < 1.29 is 9.47 Å². The highest BCUT2D eigenvalue weighted by Crippen LogP contribution is 2.14. The number of likely N-dealkylation sites (N-methyl/N-ethyl adjacent to an activating group) is 1. The SMILES string of the molecule is CN1CCO[C@@H](CNCc2ccc(OCc3nccn3C)cc2)C1. The molecule has 0 unspecified atom stereocenters. The molecule has 3 rings (SSSR count). The molecule has 2 heterocycles. The zero-order valence-corrected chi connectivity index (χ0v) is 14.4. The lowest BCUT2D eigenvalue weighted by molar-refractivity contribution is -0.0182. The number of morpholine rings is 1. The molecule has 1 saturated heterocycles. The van der Waals surface area contributed by atoms with Gasteiger partial charge < -0.3 is 24.3 Å². The monoisotopic (exact) mass is 330 g/mol. The third kappa shape index (κ3) is 4.80. The number of rotatable bonds is 7. The molecule has 0 radical (unpaired) electrons. The fourth-order valence-electron chi connectivity index (χ4n) is 2.75. The Labute approximate surface area is 143 Å². The Kier molecular flexibility index (Phi) is 5.85. The van der Waals surface area contributed by atoms with Crippen LogP contribution in [0.1, 0.15) is 11.4 Å². The van der Waals surface area contributed by atoms with E-state index >= 15 is 0 Å². The van der Waals surface area contributed by atoms with Crippen LogP contribution in [0.15, 0.2) is 36.7 Å². The van der Waals surface area contributed by atoms with E-state index in [2.05, 4.69) is 34.4 Å². The quantitative estimate of drug-likeness (QED) is 0.832. The van der Waals surface area contributed by atoms with Gasteiger partial charge in [-0.25, -0.2) is 4.98 Å². The first kappa shape index (κ1) is 17.0. The van der Waals surface area contributed by atoms with E-state index in [1.165, 1.54) is 5.56 Å². The zero-order chi connectivity index (χ0) is 16.8. The Morgan fingerprint density at radius 3 is 2.83 bits per heavy atom. The molecule has 0 amide bonds. The third-order valence-corrected chi connectivity index (χ3v) is 4.26. The first-order chi connectivity index (χ1) is 11.7. The van der Waals surface area contributed by atoms with E-state index in [1.54, 1.807) is 6.20 Å². The number of imidazole rings is 1. The van der Waals surface area contributed by atoms with Crippen LogP contribution in [-0.4, -0.2) is 53.8 Å². The molecule has 6 nitrogen and oxygen atoms in total. The summed E-state index contributed by atoms with van der Waals surface area (Å²) in [5, 5.41) is 3.47. The summed E-state index contributed by atoms with van der Waals surface area (Å²) in [5.41, 5.74) is 1.24. The summed E-state index contributed by atoms with van der Waals surface area (Å²) in [7, 11) is 4.10. The van der Waals surface area contributed by atoms with Gasteiger partial charge in [0.15, 0.2) is 0 Å². The van der Waals surface area contributed by atoms with Gasteiger partial charge in [-0.15, -0.1) is 0 Å². The summed E-state index contributed by atoms with van der Waals surface area (Å²) in [4.78, 5) is 6.56. The summed E-state index contributed by atoms with van der Waals surface area (Å²) < 4.78 is 13.5. The summed E-state index contributed by atoms with van der Waals surface area (Å²) in [6, 6.07) is 8.19. The van der Waals surface area contributed by atoms with Gasteiger partial charge in [0.05, 0.1) is 12.7 Å². The molecule has 1 N–H and O–H groups in total. The molecule has 1 aliphatic rings. The Morgan fingerprint density at radius 1 is 1.29 bits per heavy atom. The van der Waals surface area contributed by atoms with Gasteiger partial charge in [-0.2, -0.15) is 0 Å². The summed E-state index contributed by atoms with van der Waals surface area (Å²) >= 11 is 0. The van der Waals surface area contributed by atoms with E-state index in [4.69, 9.17) is 9.47 Å². The third-order valence-electron chi connectivity index (χ3n) is 4.26. The zero-order valence-electron chi connectivity index (χ0n) is 14.4. The predicted octanol–water partition coefficient (Wildman–Crippen LogP) is 1.42. The number of ether oxygens (including phenoxy) is 2. The number of hydrogen-bond donors (Lipinski definition) is 1. The van der Waals surface area contributed by atoms with Gasteiger partial charge in [0.25, 0.3) is 0 Å². The second-order valence-electron chi connectivity index (χ2n) is 6.27. The van der Waals surface area contributed by atoms with Crippen molar-refractivity contribution in [3.05, 3.63) is 48.0 Å². The molecule has 24 heavy (non-hydrogen) atoms. The van der Waals surface area contributed by atoms with Crippen LogP contribution in [0.3, 0.4) is 0 Å². The number of nitrogens with zero attached hydrogens (tertiary/aromatic N) is 3. The highest BCUT2D eigenvalue weighted by Gasteiger charge is 2.16. The molecule has 0 aliphatic carbocycles. The minimum absolute atomic E-state index is 0.282. The average molecular weight is 330 g/mol. The maximum Gasteiger partial charge on any atom is 0.146 e. The van der Waals surface area contributed by atoms with Gasteiger partial charge in [0, 0.05) is 45.6 Å². The van der Waals surface area contributed by atoms with Crippen LogP contribution in [0.4, 0.5) is 0 Å². The van der Waals surface area contributed by atoms with Crippen molar-refractivity contribution in [1.29, 1.82) is 0 Å². The number of nitrogens with one attached hydrogen (secondary N) is 1. The van der Waals surface area contributed by atoms with Crippen LogP contribution < -0.4 is 10.1 Å². The highest BCUT2D eigenvalue weighted by molar-refractivity contribution is 5.27. The van der Waals surface area contributed by atoms with Gasteiger partial charge >= 0.3 is 0 Å². The molecular weight excluding hydrogens is 304 g/mol. The first-order valence-electron chi connectivity index (χ1n) is 8.39. The second-order valence-corrected chi connectivity index (χ2v) is 6.27. The van der Waals surface area contributed by atoms with Crippen LogP contribution >= 0.6 is 0 Å². The van der Waals surface area contributed by atoms with Crippen molar-refractivity contribution in [2.24, 2.45) is 7.05 Å². The lowest BCUT2D eigenvalue weighted by Crippen LogP contribution is -2.44. The molecular formula is C18H26N4O2. The highest BCUT2D eigenvalue weighted by atomic mass is 16.5. The summed E-state index contributed by atoms with van der Waals surface area (Å²) in [6.45, 7) is 5.03. The number of hydrogen-bond acceptors (Lipinski definition) is 5. The van der Waals surface area contributed by atoms with Gasteiger partial charge in [-0.05, 0) is 24.7 Å². The molecule has 130 valence electrons. The van der Waals surface area contributed by atoms with Crippen LogP contribution in [0, 0.1) is 0 Å². The fourth-order valence-corrected chi connectivity index (χ4v) is 2.75. The lowest BCUT2D eigenvalue weighted by Gasteiger charge is -2.30. The van der Waals surface area contributed by atoms with Crippen LogP contribution in [0.5, 0.6) is 5.75 Å². The first-order valence-corrected chi connectivity index (χ1v) is 8.39. The van der Waals surface area contributed by atoms with E-state index in [0.29, 0.717) is 6.61 Å². The topological polar surface area (TPSA) is 51.6 Å². The van der Waals surface area contributed by atoms with Crippen LogP contribution in [0.2, 0.25) is 0 Å². The molecule has 6 heteroatoms. The van der Waals surface area contributed by atoms with Crippen LogP contribution in [-0.2, 0) is 24.9 Å². The van der Waals surface area contributed by atoms with Gasteiger partial charge in [-0.1, -0.05) is 12.1 Å². The van der Waals surface area contributed by atoms with Crippen molar-refractivity contribution >= 4 is 0 Å². The fraction of sp³-hybridized carbons (Fsp3) is 0.500. The number of aromatic nitrogens is 2. The van der Waals surface area contributed by atoms with E-state index in [1.807, 2.05) is 29.9 Å². The molecule has 1 fully saturated rings. The summed E-state index contributed by atoms with van der Waals surface area (Å²) in [5.74, 6) is 1.78. The Bertz CT molecular complexity index is 626. The second kappa shape index (κ2) is 8.28.